The van der Waals surface area contributed by atoms with Crippen LogP contribution in [0.5, 0.6) is 0 Å². The fraction of sp³-hybridized carbons (Fsp3) is 0.250. The van der Waals surface area contributed by atoms with Gasteiger partial charge in [0.15, 0.2) is 0 Å². The van der Waals surface area contributed by atoms with Crippen LogP contribution in [-0.4, -0.2) is 36.2 Å². The average Bonchev–Trinajstić information content (AvgIpc) is 2.96. The number of amides is 2. The number of anilines is 3. The zero-order valence-electron chi connectivity index (χ0n) is 23.5. The molecule has 2 aliphatic rings. The molecule has 4 bridgehead atoms. The number of ether oxygens (including phenoxy) is 2. The molecule has 3 heterocycles. The molecule has 0 aliphatic carbocycles. The van der Waals surface area contributed by atoms with E-state index in [9.17, 15) is 14.4 Å². The number of fused-ring (bicyclic) bond motifs is 10. The largest absolute Gasteiger partial charge is 0.466 e. The van der Waals surface area contributed by atoms with Crippen LogP contribution in [0.15, 0.2) is 72.9 Å². The first kappa shape index (κ1) is 28.4. The lowest BCUT2D eigenvalue weighted by Gasteiger charge is -2.25. The molecule has 1 aromatic heterocycles. The Kier molecular flexibility index (Phi) is 8.52. The Bertz CT molecular complexity index is 1640. The predicted octanol–water partition coefficient (Wildman–Crippen LogP) is 5.19. The van der Waals surface area contributed by atoms with E-state index in [1.54, 1.807) is 37.4 Å². The molecule has 0 radical (unpaired) electrons. The summed E-state index contributed by atoms with van der Waals surface area (Å²) < 4.78 is 10.6. The molecule has 216 valence electrons. The normalized spacial score (nSPS) is 17.2. The van der Waals surface area contributed by atoms with Crippen molar-refractivity contribution in [1.82, 2.24) is 10.3 Å². The van der Waals surface area contributed by atoms with Gasteiger partial charge >= 0.3 is 12.1 Å². The number of carbonyl (C=O) groups excluding carboxylic acids is 3. The molecule has 0 spiro atoms. The molecule has 0 saturated heterocycles. The third-order valence-electron chi connectivity index (χ3n) is 7.20. The highest BCUT2D eigenvalue weighted by molar-refractivity contribution is 5.94. The Balaban J connectivity index is 1.55. The maximum absolute atomic E-state index is 14.1. The number of nitrogen functional groups attached to an aromatic ring is 1. The summed E-state index contributed by atoms with van der Waals surface area (Å²) in [5.74, 6) is -0.368. The monoisotopic (exact) mass is 567 g/mol. The first-order valence-electron chi connectivity index (χ1n) is 13.8. The van der Waals surface area contributed by atoms with Crippen molar-refractivity contribution < 1.29 is 23.9 Å². The number of hydrogen-bond acceptors (Lipinski definition) is 8. The van der Waals surface area contributed by atoms with Crippen LogP contribution in [0.3, 0.4) is 0 Å². The third kappa shape index (κ3) is 6.60. The van der Waals surface area contributed by atoms with Gasteiger partial charge in [0.1, 0.15) is 11.9 Å². The van der Waals surface area contributed by atoms with E-state index in [1.807, 2.05) is 49.4 Å². The molecule has 2 aliphatic heterocycles. The highest BCUT2D eigenvalue weighted by Crippen LogP contribution is 2.29. The summed E-state index contributed by atoms with van der Waals surface area (Å²) in [7, 11) is 0. The van der Waals surface area contributed by atoms with Gasteiger partial charge in [0.05, 0.1) is 25.7 Å². The summed E-state index contributed by atoms with van der Waals surface area (Å²) in [5, 5.41) is 10.9. The molecule has 3 aromatic carbocycles. The van der Waals surface area contributed by atoms with Gasteiger partial charge in [-0.25, -0.2) is 9.78 Å². The van der Waals surface area contributed by atoms with Crippen LogP contribution in [0, 0.1) is 6.92 Å². The Morgan fingerprint density at radius 2 is 1.95 bits per heavy atom. The zero-order chi connectivity index (χ0) is 29.6. The van der Waals surface area contributed by atoms with Crippen molar-refractivity contribution in [3.05, 3.63) is 95.2 Å². The van der Waals surface area contributed by atoms with E-state index in [4.69, 9.17) is 15.2 Å². The molecule has 2 atom stereocenters. The van der Waals surface area contributed by atoms with Gasteiger partial charge < -0.3 is 25.8 Å². The van der Waals surface area contributed by atoms with Crippen molar-refractivity contribution in [2.45, 2.75) is 38.8 Å². The molecular formula is C32H33N5O5. The van der Waals surface area contributed by atoms with Crippen LogP contribution in [-0.2, 0) is 25.5 Å². The second-order valence-corrected chi connectivity index (χ2v) is 10.1. The molecule has 42 heavy (non-hydrogen) atoms. The van der Waals surface area contributed by atoms with E-state index in [2.05, 4.69) is 20.9 Å². The molecule has 4 aromatic rings. The Morgan fingerprint density at radius 3 is 2.76 bits per heavy atom. The number of hydrogen-bond donors (Lipinski definition) is 4. The van der Waals surface area contributed by atoms with E-state index in [0.717, 1.165) is 27.5 Å². The number of esters is 1. The van der Waals surface area contributed by atoms with E-state index >= 15 is 0 Å². The molecular weight excluding hydrogens is 534 g/mol. The summed E-state index contributed by atoms with van der Waals surface area (Å²) in [6.45, 7) is 4.08. The minimum Gasteiger partial charge on any atom is -0.466 e. The Morgan fingerprint density at radius 1 is 1.10 bits per heavy atom. The number of pyridine rings is 1. The van der Waals surface area contributed by atoms with E-state index in [0.29, 0.717) is 29.2 Å². The summed E-state index contributed by atoms with van der Waals surface area (Å²) in [5.41, 5.74) is 10.5. The lowest BCUT2D eigenvalue weighted by molar-refractivity contribution is -0.143. The lowest BCUT2D eigenvalue weighted by Crippen LogP contribution is -2.37. The number of benzene rings is 3. The number of carbonyl (C=O) groups is 3. The maximum Gasteiger partial charge on any atom is 0.411 e. The molecule has 1 unspecified atom stereocenters. The summed E-state index contributed by atoms with van der Waals surface area (Å²) in [4.78, 5) is 43.3. The maximum atomic E-state index is 14.1. The minimum atomic E-state index is -0.800. The smallest absolute Gasteiger partial charge is 0.411 e. The average molecular weight is 568 g/mol. The molecule has 10 heteroatoms. The van der Waals surface area contributed by atoms with Gasteiger partial charge in [0, 0.05) is 29.4 Å². The summed E-state index contributed by atoms with van der Waals surface area (Å²) >= 11 is 0. The Hall–Kier alpha value is -5.12. The van der Waals surface area contributed by atoms with Crippen LogP contribution >= 0.6 is 0 Å². The SMILES string of the molecule is CCOC(=O)C[C@@H]1NC(=O)C(Nc2ccc3c(N)nccc3c2)c2ccc(c(C)c2)CCOC(=O)Nc2cccc1c2. The van der Waals surface area contributed by atoms with Crippen molar-refractivity contribution in [3.8, 4) is 0 Å². The quantitative estimate of drug-likeness (QED) is 0.241. The van der Waals surface area contributed by atoms with E-state index in [1.165, 1.54) is 0 Å². The predicted molar refractivity (Wildman–Crippen MR) is 161 cm³/mol. The standard InChI is InChI=1S/C32H33N5O5/c1-3-41-28(38)18-27-22-5-4-6-24(17-22)36-32(40)42-14-12-20-7-8-23(15-19(20)2)29(31(39)37-27)35-25-9-10-26-21(16-25)11-13-34-30(26)33/h4-11,13,15-17,27,29,35H,3,12,14,18H2,1-2H3,(H2,33,34)(H,36,40)(H,37,39)/t27-,29?/m0/s1. The van der Waals surface area contributed by atoms with Crippen LogP contribution < -0.4 is 21.7 Å². The highest BCUT2D eigenvalue weighted by atomic mass is 16.5. The van der Waals surface area contributed by atoms with Gasteiger partial charge in [-0.05, 0) is 77.9 Å². The second kappa shape index (κ2) is 12.6. The fourth-order valence-corrected chi connectivity index (χ4v) is 5.07. The van der Waals surface area contributed by atoms with Crippen molar-refractivity contribution in [1.29, 1.82) is 0 Å². The summed E-state index contributed by atoms with van der Waals surface area (Å²) in [6, 6.07) is 18.7. The number of nitrogens with two attached hydrogens (primary N) is 1. The van der Waals surface area contributed by atoms with E-state index < -0.39 is 24.1 Å². The van der Waals surface area contributed by atoms with Gasteiger partial charge in [-0.3, -0.25) is 14.9 Å². The summed E-state index contributed by atoms with van der Waals surface area (Å²) in [6.07, 6.45) is 1.48. The van der Waals surface area contributed by atoms with Gasteiger partial charge in [-0.15, -0.1) is 0 Å². The van der Waals surface area contributed by atoms with Gasteiger partial charge in [0.25, 0.3) is 0 Å². The van der Waals surface area contributed by atoms with Crippen molar-refractivity contribution in [3.63, 3.8) is 0 Å². The van der Waals surface area contributed by atoms with Crippen LogP contribution in [0.4, 0.5) is 22.0 Å². The van der Waals surface area contributed by atoms with Crippen LogP contribution in [0.1, 0.15) is 47.7 Å². The topological polar surface area (TPSA) is 145 Å². The molecule has 10 nitrogen and oxygen atoms in total. The second-order valence-electron chi connectivity index (χ2n) is 10.1. The van der Waals surface area contributed by atoms with Crippen molar-refractivity contribution >= 4 is 45.9 Å². The molecule has 5 N–H and O–H groups in total. The van der Waals surface area contributed by atoms with Gasteiger partial charge in [-0.1, -0.05) is 30.3 Å². The fourth-order valence-electron chi connectivity index (χ4n) is 5.07. The molecule has 0 fully saturated rings. The number of nitrogens with one attached hydrogen (secondary N) is 3. The van der Waals surface area contributed by atoms with Crippen LogP contribution in [0.25, 0.3) is 10.8 Å². The van der Waals surface area contributed by atoms with Crippen molar-refractivity contribution in [2.75, 3.05) is 29.6 Å². The third-order valence-corrected chi connectivity index (χ3v) is 7.20. The molecule has 2 amide bonds. The number of rotatable bonds is 5. The lowest BCUT2D eigenvalue weighted by atomic mass is 9.96. The highest BCUT2D eigenvalue weighted by Gasteiger charge is 2.27. The minimum absolute atomic E-state index is 0.0968. The van der Waals surface area contributed by atoms with E-state index in [-0.39, 0.29) is 25.5 Å². The molecule has 6 rings (SSSR count). The number of aryl methyl sites for hydroxylation is 1. The van der Waals surface area contributed by atoms with Gasteiger partial charge in [-0.2, -0.15) is 0 Å². The first-order chi connectivity index (χ1) is 20.3. The van der Waals surface area contributed by atoms with Crippen LogP contribution in [0.2, 0.25) is 0 Å². The Labute approximate surface area is 243 Å². The number of aromatic nitrogens is 1. The number of nitrogens with zero attached hydrogens (tertiary/aromatic N) is 1. The zero-order valence-corrected chi connectivity index (χ0v) is 23.5. The van der Waals surface area contributed by atoms with Crippen molar-refractivity contribution in [2.24, 2.45) is 0 Å². The molecule has 0 saturated carbocycles. The first-order valence-corrected chi connectivity index (χ1v) is 13.8. The van der Waals surface area contributed by atoms with Gasteiger partial charge in [0.2, 0.25) is 5.91 Å².